The summed E-state index contributed by atoms with van der Waals surface area (Å²) < 4.78 is 15.3. The molecule has 0 saturated carbocycles. The minimum Gasteiger partial charge on any atom is -0.207 e. The zero-order valence-electron chi connectivity index (χ0n) is 8.64. The molecule has 0 N–H and O–H groups in total. The van der Waals surface area contributed by atoms with Crippen LogP contribution in [0.25, 0.3) is 17.0 Å². The first kappa shape index (κ1) is 10.4. The maximum absolute atomic E-state index is 12.8. The Balaban J connectivity index is 2.18. The van der Waals surface area contributed by atoms with E-state index in [0.29, 0.717) is 5.82 Å². The average Bonchev–Trinajstić information content (AvgIpc) is 2.75. The Kier molecular flexibility index (Phi) is 2.40. The summed E-state index contributed by atoms with van der Waals surface area (Å²) in [5, 5.41) is 4.35. The van der Waals surface area contributed by atoms with Crippen LogP contribution in [-0.2, 0) is 0 Å². The van der Waals surface area contributed by atoms with Crippen LogP contribution in [-0.4, -0.2) is 14.6 Å². The van der Waals surface area contributed by atoms with E-state index in [9.17, 15) is 4.39 Å². The molecule has 0 aliphatic heterocycles. The third-order valence-electron chi connectivity index (χ3n) is 2.42. The van der Waals surface area contributed by atoms with Crippen molar-refractivity contribution in [1.29, 1.82) is 0 Å². The quantitative estimate of drug-likeness (QED) is 0.644. The monoisotopic (exact) mass is 291 g/mol. The summed E-state index contributed by atoms with van der Waals surface area (Å²) in [6, 6.07) is 11.8. The number of benzene rings is 1. The van der Waals surface area contributed by atoms with Crippen LogP contribution in [0.15, 0.2) is 47.1 Å². The molecule has 2 heterocycles. The van der Waals surface area contributed by atoms with Crippen molar-refractivity contribution in [2.75, 3.05) is 0 Å². The summed E-state index contributed by atoms with van der Waals surface area (Å²) in [7, 11) is 0. The molecule has 17 heavy (non-hydrogen) atoms. The third kappa shape index (κ3) is 1.82. The predicted octanol–water partition coefficient (Wildman–Crippen LogP) is 3.30. The fourth-order valence-corrected chi connectivity index (χ4v) is 2.01. The second-order valence-electron chi connectivity index (χ2n) is 3.56. The molecular formula is C12H7BrFN3. The first-order valence-corrected chi connectivity index (χ1v) is 5.80. The number of rotatable bonds is 1. The van der Waals surface area contributed by atoms with Gasteiger partial charge in [0.1, 0.15) is 10.4 Å². The average molecular weight is 292 g/mol. The van der Waals surface area contributed by atoms with Crippen LogP contribution in [0.5, 0.6) is 0 Å². The second-order valence-corrected chi connectivity index (χ2v) is 4.37. The fraction of sp³-hybridized carbons (Fsp3) is 0. The molecule has 0 radical (unpaired) electrons. The van der Waals surface area contributed by atoms with Gasteiger partial charge in [-0.25, -0.2) is 13.9 Å². The smallest absolute Gasteiger partial charge is 0.182 e. The van der Waals surface area contributed by atoms with Crippen molar-refractivity contribution in [2.45, 2.75) is 0 Å². The van der Waals surface area contributed by atoms with E-state index in [1.54, 1.807) is 16.6 Å². The minimum atomic E-state index is -0.265. The van der Waals surface area contributed by atoms with E-state index in [2.05, 4.69) is 26.0 Å². The maximum atomic E-state index is 12.8. The highest BCUT2D eigenvalue weighted by molar-refractivity contribution is 9.10. The van der Waals surface area contributed by atoms with Gasteiger partial charge in [0.2, 0.25) is 0 Å². The summed E-state index contributed by atoms with van der Waals surface area (Å²) in [5.74, 6) is 0.315. The van der Waals surface area contributed by atoms with E-state index in [1.807, 2.05) is 18.2 Å². The molecule has 3 nitrogen and oxygen atoms in total. The van der Waals surface area contributed by atoms with E-state index < -0.39 is 0 Å². The van der Waals surface area contributed by atoms with Crippen molar-refractivity contribution < 1.29 is 4.39 Å². The molecule has 84 valence electrons. The van der Waals surface area contributed by atoms with Crippen molar-refractivity contribution in [3.8, 4) is 11.4 Å². The lowest BCUT2D eigenvalue weighted by Gasteiger charge is -1.94. The molecule has 0 spiro atoms. The van der Waals surface area contributed by atoms with Gasteiger partial charge in [0.05, 0.1) is 0 Å². The van der Waals surface area contributed by atoms with Crippen molar-refractivity contribution in [2.24, 2.45) is 0 Å². The van der Waals surface area contributed by atoms with Gasteiger partial charge < -0.3 is 0 Å². The molecule has 1 aromatic carbocycles. The van der Waals surface area contributed by atoms with Crippen LogP contribution in [0, 0.1) is 5.82 Å². The number of nitrogens with zero attached hydrogens (tertiary/aromatic N) is 3. The largest absolute Gasteiger partial charge is 0.207 e. The molecule has 0 unspecified atom stereocenters. The molecule has 2 aromatic heterocycles. The van der Waals surface area contributed by atoms with E-state index in [1.165, 1.54) is 12.1 Å². The van der Waals surface area contributed by atoms with E-state index in [0.717, 1.165) is 15.8 Å². The van der Waals surface area contributed by atoms with Crippen molar-refractivity contribution in [3.63, 3.8) is 0 Å². The Morgan fingerprint density at radius 3 is 2.53 bits per heavy atom. The minimum absolute atomic E-state index is 0.265. The Morgan fingerprint density at radius 2 is 1.82 bits per heavy atom. The molecular weight excluding hydrogens is 285 g/mol. The standard InChI is InChI=1S/C12H7BrFN3/c13-10-2-1-3-11-15-12(16-17(10)11)8-4-6-9(14)7-5-8/h1-7H. The number of pyridine rings is 1. The van der Waals surface area contributed by atoms with E-state index in [4.69, 9.17) is 0 Å². The number of aromatic nitrogens is 3. The normalized spacial score (nSPS) is 10.9. The Labute approximate surface area is 105 Å². The van der Waals surface area contributed by atoms with Crippen LogP contribution in [0.1, 0.15) is 0 Å². The topological polar surface area (TPSA) is 30.2 Å². The molecule has 0 amide bonds. The van der Waals surface area contributed by atoms with Crippen molar-refractivity contribution in [3.05, 3.63) is 52.9 Å². The molecule has 0 saturated heterocycles. The van der Waals surface area contributed by atoms with Gasteiger partial charge in [0, 0.05) is 5.56 Å². The van der Waals surface area contributed by atoms with Crippen LogP contribution < -0.4 is 0 Å². The number of hydrogen-bond acceptors (Lipinski definition) is 2. The summed E-state index contributed by atoms with van der Waals surface area (Å²) in [6.45, 7) is 0. The fourth-order valence-electron chi connectivity index (χ4n) is 1.59. The molecule has 3 rings (SSSR count). The van der Waals surface area contributed by atoms with Gasteiger partial charge >= 0.3 is 0 Å². The SMILES string of the molecule is Fc1ccc(-c2nc3cccc(Br)n3n2)cc1. The highest BCUT2D eigenvalue weighted by atomic mass is 79.9. The number of fused-ring (bicyclic) bond motifs is 1. The van der Waals surface area contributed by atoms with Gasteiger partial charge in [-0.05, 0) is 52.3 Å². The van der Waals surface area contributed by atoms with Crippen LogP contribution >= 0.6 is 15.9 Å². The summed E-state index contributed by atoms with van der Waals surface area (Å²) >= 11 is 3.39. The molecule has 0 aliphatic carbocycles. The van der Waals surface area contributed by atoms with Gasteiger partial charge in [0.25, 0.3) is 0 Å². The highest BCUT2D eigenvalue weighted by Gasteiger charge is 2.07. The Hall–Kier alpha value is -1.75. The second kappa shape index (κ2) is 3.92. The molecule has 0 bridgehead atoms. The first-order chi connectivity index (χ1) is 8.24. The summed E-state index contributed by atoms with van der Waals surface area (Å²) in [5.41, 5.74) is 1.54. The lowest BCUT2D eigenvalue weighted by atomic mass is 10.2. The first-order valence-electron chi connectivity index (χ1n) is 5.01. The van der Waals surface area contributed by atoms with Crippen LogP contribution in [0.2, 0.25) is 0 Å². The maximum Gasteiger partial charge on any atom is 0.182 e. The molecule has 0 fully saturated rings. The predicted molar refractivity (Wildman–Crippen MR) is 66.1 cm³/mol. The lowest BCUT2D eigenvalue weighted by molar-refractivity contribution is 0.628. The molecule has 0 aliphatic rings. The van der Waals surface area contributed by atoms with Gasteiger partial charge in [-0.2, -0.15) is 0 Å². The Morgan fingerprint density at radius 1 is 1.06 bits per heavy atom. The van der Waals surface area contributed by atoms with Gasteiger partial charge in [-0.3, -0.25) is 0 Å². The summed E-state index contributed by atoms with van der Waals surface area (Å²) in [4.78, 5) is 4.37. The van der Waals surface area contributed by atoms with E-state index in [-0.39, 0.29) is 5.82 Å². The van der Waals surface area contributed by atoms with Crippen molar-refractivity contribution in [1.82, 2.24) is 14.6 Å². The zero-order chi connectivity index (χ0) is 11.8. The van der Waals surface area contributed by atoms with Gasteiger partial charge in [-0.15, -0.1) is 5.10 Å². The molecule has 3 aromatic rings. The van der Waals surface area contributed by atoms with Crippen LogP contribution in [0.3, 0.4) is 0 Å². The Bertz CT molecular complexity index is 676. The number of halogens is 2. The van der Waals surface area contributed by atoms with Gasteiger partial charge in [0.15, 0.2) is 11.5 Å². The van der Waals surface area contributed by atoms with Crippen LogP contribution in [0.4, 0.5) is 4.39 Å². The summed E-state index contributed by atoms with van der Waals surface area (Å²) in [6.07, 6.45) is 0. The highest BCUT2D eigenvalue weighted by Crippen LogP contribution is 2.19. The van der Waals surface area contributed by atoms with Gasteiger partial charge in [-0.1, -0.05) is 6.07 Å². The molecule has 5 heteroatoms. The lowest BCUT2D eigenvalue weighted by Crippen LogP contribution is -1.88. The van der Waals surface area contributed by atoms with E-state index >= 15 is 0 Å². The third-order valence-corrected chi connectivity index (χ3v) is 3.02. The molecule has 0 atom stereocenters. The number of hydrogen-bond donors (Lipinski definition) is 0. The van der Waals surface area contributed by atoms with Crippen molar-refractivity contribution >= 4 is 21.6 Å². The zero-order valence-corrected chi connectivity index (χ0v) is 10.2.